The van der Waals surface area contributed by atoms with Crippen LogP contribution >= 0.6 is 0 Å². The number of pyridine rings is 1. The molecule has 0 aliphatic heterocycles. The third-order valence-corrected chi connectivity index (χ3v) is 2.60. The van der Waals surface area contributed by atoms with E-state index in [1.54, 1.807) is 0 Å². The zero-order valence-corrected chi connectivity index (χ0v) is 10.0. The molecule has 0 spiro atoms. The van der Waals surface area contributed by atoms with Crippen molar-refractivity contribution >= 4 is 11.5 Å². The van der Waals surface area contributed by atoms with Gasteiger partial charge in [-0.3, -0.25) is 0 Å². The molecule has 0 amide bonds. The first-order valence-corrected chi connectivity index (χ1v) is 5.76. The fraction of sp³-hybridized carbons (Fsp3) is 0.214. The highest BCUT2D eigenvalue weighted by molar-refractivity contribution is 5.60. The average Bonchev–Trinajstić information content (AvgIpc) is 2.37. The molecule has 1 heterocycles. The van der Waals surface area contributed by atoms with E-state index in [0.717, 1.165) is 18.1 Å². The van der Waals surface area contributed by atoms with Crippen LogP contribution in [0, 0.1) is 6.92 Å². The van der Waals surface area contributed by atoms with Gasteiger partial charge in [-0.15, -0.1) is 0 Å². The molecule has 1 aromatic carbocycles. The number of aromatic nitrogens is 1. The van der Waals surface area contributed by atoms with Gasteiger partial charge in [-0.2, -0.15) is 0 Å². The third-order valence-electron chi connectivity index (χ3n) is 2.60. The summed E-state index contributed by atoms with van der Waals surface area (Å²) in [6, 6.07) is 14.3. The second-order valence-electron chi connectivity index (χ2n) is 3.97. The van der Waals surface area contributed by atoms with Crippen LogP contribution < -0.4 is 10.6 Å². The Hall–Kier alpha value is -1.87. The van der Waals surface area contributed by atoms with E-state index in [1.165, 1.54) is 5.56 Å². The molecule has 3 heteroatoms. The predicted molar refractivity (Wildman–Crippen MR) is 71.5 cm³/mol. The predicted octanol–water partition coefficient (Wildman–Crippen LogP) is 2.49. The monoisotopic (exact) mass is 227 g/mol. The molecule has 0 fully saturated rings. The summed E-state index contributed by atoms with van der Waals surface area (Å²) >= 11 is 0. The summed E-state index contributed by atoms with van der Waals surface area (Å²) < 4.78 is 0. The van der Waals surface area contributed by atoms with Gasteiger partial charge in [-0.25, -0.2) is 4.98 Å². The van der Waals surface area contributed by atoms with Crippen LogP contribution in [0.15, 0.2) is 48.7 Å². The number of anilines is 2. The van der Waals surface area contributed by atoms with Crippen molar-refractivity contribution in [3.8, 4) is 0 Å². The number of aryl methyl sites for hydroxylation is 1. The number of nitrogens with zero attached hydrogens (tertiary/aromatic N) is 2. The summed E-state index contributed by atoms with van der Waals surface area (Å²) in [4.78, 5) is 6.54. The average molecular weight is 227 g/mol. The lowest BCUT2D eigenvalue weighted by atomic mass is 10.2. The fourth-order valence-corrected chi connectivity index (χ4v) is 1.78. The number of hydrogen-bond donors (Lipinski definition) is 1. The molecule has 0 radical (unpaired) electrons. The van der Waals surface area contributed by atoms with Crippen LogP contribution in [-0.2, 0) is 0 Å². The molecule has 2 rings (SSSR count). The van der Waals surface area contributed by atoms with E-state index in [0.29, 0.717) is 6.54 Å². The molecular weight excluding hydrogens is 210 g/mol. The van der Waals surface area contributed by atoms with E-state index >= 15 is 0 Å². The molecule has 0 atom stereocenters. The SMILES string of the molecule is Cc1ccnc(N(CCN)c2ccccc2)c1. The Labute approximate surface area is 102 Å². The molecule has 88 valence electrons. The minimum absolute atomic E-state index is 0.602. The summed E-state index contributed by atoms with van der Waals surface area (Å²) in [5, 5.41) is 0. The van der Waals surface area contributed by atoms with Crippen LogP contribution in [-0.4, -0.2) is 18.1 Å². The number of para-hydroxylation sites is 1. The second kappa shape index (κ2) is 5.46. The molecular formula is C14H17N3. The first kappa shape index (κ1) is 11.6. The highest BCUT2D eigenvalue weighted by Gasteiger charge is 2.08. The lowest BCUT2D eigenvalue weighted by molar-refractivity contribution is 0.904. The Morgan fingerprint density at radius 2 is 1.94 bits per heavy atom. The van der Waals surface area contributed by atoms with Crippen LogP contribution in [0.3, 0.4) is 0 Å². The van der Waals surface area contributed by atoms with Crippen LogP contribution in [0.4, 0.5) is 11.5 Å². The Morgan fingerprint density at radius 1 is 1.18 bits per heavy atom. The van der Waals surface area contributed by atoms with Gasteiger partial charge in [0, 0.05) is 25.0 Å². The quantitative estimate of drug-likeness (QED) is 0.872. The maximum Gasteiger partial charge on any atom is 0.133 e. The first-order valence-electron chi connectivity index (χ1n) is 5.76. The van der Waals surface area contributed by atoms with Gasteiger partial charge in [0.2, 0.25) is 0 Å². The summed E-state index contributed by atoms with van der Waals surface area (Å²) in [5.41, 5.74) is 8.00. The van der Waals surface area contributed by atoms with Crippen LogP contribution in [0.1, 0.15) is 5.56 Å². The van der Waals surface area contributed by atoms with E-state index in [9.17, 15) is 0 Å². The smallest absolute Gasteiger partial charge is 0.133 e. The Balaban J connectivity index is 2.35. The van der Waals surface area contributed by atoms with E-state index < -0.39 is 0 Å². The summed E-state index contributed by atoms with van der Waals surface area (Å²) in [6.07, 6.45) is 1.83. The fourth-order valence-electron chi connectivity index (χ4n) is 1.78. The van der Waals surface area contributed by atoms with E-state index in [-0.39, 0.29) is 0 Å². The molecule has 1 aromatic heterocycles. The topological polar surface area (TPSA) is 42.2 Å². The van der Waals surface area contributed by atoms with Crippen molar-refractivity contribution in [1.29, 1.82) is 0 Å². The summed E-state index contributed by atoms with van der Waals surface area (Å²) in [6.45, 7) is 3.43. The molecule has 0 unspecified atom stereocenters. The second-order valence-corrected chi connectivity index (χ2v) is 3.97. The third kappa shape index (κ3) is 2.82. The normalized spacial score (nSPS) is 10.2. The largest absolute Gasteiger partial charge is 0.329 e. The van der Waals surface area contributed by atoms with E-state index in [4.69, 9.17) is 5.73 Å². The number of benzene rings is 1. The van der Waals surface area contributed by atoms with Gasteiger partial charge in [-0.1, -0.05) is 18.2 Å². The molecule has 0 aliphatic rings. The van der Waals surface area contributed by atoms with Crippen molar-refractivity contribution in [3.63, 3.8) is 0 Å². The highest BCUT2D eigenvalue weighted by Crippen LogP contribution is 2.22. The molecule has 0 saturated carbocycles. The maximum absolute atomic E-state index is 5.67. The summed E-state index contributed by atoms with van der Waals surface area (Å²) in [5.74, 6) is 0.946. The van der Waals surface area contributed by atoms with Crippen molar-refractivity contribution < 1.29 is 0 Å². The van der Waals surface area contributed by atoms with Crippen molar-refractivity contribution in [3.05, 3.63) is 54.2 Å². The van der Waals surface area contributed by atoms with Crippen molar-refractivity contribution in [2.24, 2.45) is 5.73 Å². The van der Waals surface area contributed by atoms with Crippen molar-refractivity contribution in [2.45, 2.75) is 6.92 Å². The van der Waals surface area contributed by atoms with Crippen LogP contribution in [0.2, 0.25) is 0 Å². The van der Waals surface area contributed by atoms with Gasteiger partial charge in [-0.05, 0) is 36.8 Å². The van der Waals surface area contributed by atoms with Crippen LogP contribution in [0.5, 0.6) is 0 Å². The highest BCUT2D eigenvalue weighted by atomic mass is 15.2. The molecule has 2 aromatic rings. The number of nitrogens with two attached hydrogens (primary N) is 1. The molecule has 17 heavy (non-hydrogen) atoms. The number of rotatable bonds is 4. The molecule has 0 saturated heterocycles. The minimum atomic E-state index is 0.602. The van der Waals surface area contributed by atoms with Gasteiger partial charge >= 0.3 is 0 Å². The first-order chi connectivity index (χ1) is 8.31. The lowest BCUT2D eigenvalue weighted by Crippen LogP contribution is -2.25. The van der Waals surface area contributed by atoms with Gasteiger partial charge in [0.05, 0.1) is 0 Å². The number of hydrogen-bond acceptors (Lipinski definition) is 3. The minimum Gasteiger partial charge on any atom is -0.329 e. The molecule has 0 aliphatic carbocycles. The standard InChI is InChI=1S/C14H17N3/c1-12-7-9-16-14(11-12)17(10-8-15)13-5-3-2-4-6-13/h2-7,9,11H,8,10,15H2,1H3. The van der Waals surface area contributed by atoms with Crippen molar-refractivity contribution in [1.82, 2.24) is 4.98 Å². The zero-order chi connectivity index (χ0) is 12.1. The Kier molecular flexibility index (Phi) is 3.73. The Morgan fingerprint density at radius 3 is 2.59 bits per heavy atom. The van der Waals surface area contributed by atoms with Crippen molar-refractivity contribution in [2.75, 3.05) is 18.0 Å². The molecule has 2 N–H and O–H groups in total. The lowest BCUT2D eigenvalue weighted by Gasteiger charge is -2.23. The van der Waals surface area contributed by atoms with Gasteiger partial charge in [0.15, 0.2) is 0 Å². The van der Waals surface area contributed by atoms with E-state index in [1.807, 2.05) is 30.5 Å². The van der Waals surface area contributed by atoms with Gasteiger partial charge in [0.25, 0.3) is 0 Å². The zero-order valence-electron chi connectivity index (χ0n) is 10.0. The van der Waals surface area contributed by atoms with Gasteiger partial charge in [0.1, 0.15) is 5.82 Å². The Bertz CT molecular complexity index is 468. The summed E-state index contributed by atoms with van der Waals surface area (Å²) in [7, 11) is 0. The van der Waals surface area contributed by atoms with E-state index in [2.05, 4.69) is 35.0 Å². The van der Waals surface area contributed by atoms with Crippen LogP contribution in [0.25, 0.3) is 0 Å². The maximum atomic E-state index is 5.67. The molecule has 0 bridgehead atoms. The van der Waals surface area contributed by atoms with Gasteiger partial charge < -0.3 is 10.6 Å². The molecule has 3 nitrogen and oxygen atoms in total.